The molecule has 0 radical (unpaired) electrons. The zero-order valence-corrected chi connectivity index (χ0v) is 14.9. The number of nitrogens with one attached hydrogen (secondary N) is 1. The molecule has 152 valence electrons. The molecule has 1 amide bonds. The van der Waals surface area contributed by atoms with Gasteiger partial charge in [0.2, 0.25) is 0 Å². The highest BCUT2D eigenvalue weighted by Crippen LogP contribution is 2.33. The Hall–Kier alpha value is -2.63. The van der Waals surface area contributed by atoms with Crippen LogP contribution in [0.5, 0.6) is 0 Å². The summed E-state index contributed by atoms with van der Waals surface area (Å²) in [6.45, 7) is -1.02. The number of carbonyl (C=O) groups is 2. The summed E-state index contributed by atoms with van der Waals surface area (Å²) in [6, 6.07) is 4.13. The molecule has 2 rings (SSSR count). The van der Waals surface area contributed by atoms with Crippen molar-refractivity contribution in [2.75, 3.05) is 13.2 Å². The van der Waals surface area contributed by atoms with Gasteiger partial charge in [-0.05, 0) is 19.1 Å². The molecule has 1 N–H and O–H groups in total. The molecule has 1 aromatic heterocycles. The first kappa shape index (κ1) is 21.7. The lowest BCUT2D eigenvalue weighted by atomic mass is 10.1. The van der Waals surface area contributed by atoms with Crippen molar-refractivity contribution in [1.82, 2.24) is 10.3 Å². The van der Waals surface area contributed by atoms with Crippen molar-refractivity contribution in [1.29, 1.82) is 0 Å². The first-order valence-electron chi connectivity index (χ1n) is 7.52. The van der Waals surface area contributed by atoms with E-state index >= 15 is 0 Å². The highest BCUT2D eigenvalue weighted by Gasteiger charge is 2.30. The standard InChI is InChI=1S/C16H12F6N2O3S/c1-8-12(14(26)27-6-11(25)23-7-15(17,18)19)28-13(24-8)9-2-4-10(5-3-9)16(20,21)22/h2-5H,6-7H2,1H3,(H,23,25). The van der Waals surface area contributed by atoms with Gasteiger partial charge in [-0.15, -0.1) is 11.3 Å². The lowest BCUT2D eigenvalue weighted by Crippen LogP contribution is -2.36. The van der Waals surface area contributed by atoms with Gasteiger partial charge in [0.15, 0.2) is 6.61 Å². The van der Waals surface area contributed by atoms with Crippen LogP contribution in [0.25, 0.3) is 10.6 Å². The van der Waals surface area contributed by atoms with E-state index in [0.717, 1.165) is 23.5 Å². The summed E-state index contributed by atoms with van der Waals surface area (Å²) >= 11 is 0.825. The Morgan fingerprint density at radius 1 is 1.11 bits per heavy atom. The lowest BCUT2D eigenvalue weighted by Gasteiger charge is -2.08. The minimum atomic E-state index is -4.59. The van der Waals surface area contributed by atoms with Crippen molar-refractivity contribution in [2.24, 2.45) is 0 Å². The zero-order chi connectivity index (χ0) is 21.1. The van der Waals surface area contributed by atoms with Gasteiger partial charge in [0.1, 0.15) is 16.4 Å². The largest absolute Gasteiger partial charge is 0.451 e. The summed E-state index contributed by atoms with van der Waals surface area (Å²) in [5.41, 5.74) is -0.294. The molecule has 12 heteroatoms. The van der Waals surface area contributed by atoms with E-state index in [1.807, 2.05) is 0 Å². The maximum Gasteiger partial charge on any atom is 0.416 e. The number of amides is 1. The van der Waals surface area contributed by atoms with Gasteiger partial charge in [-0.1, -0.05) is 12.1 Å². The molecule has 0 saturated heterocycles. The number of halogens is 6. The predicted octanol–water partition coefficient (Wildman–Crippen LogP) is 3.97. The molecule has 0 aliphatic heterocycles. The van der Waals surface area contributed by atoms with Crippen LogP contribution >= 0.6 is 11.3 Å². The fraction of sp³-hybridized carbons (Fsp3) is 0.312. The molecule has 0 unspecified atom stereocenters. The number of esters is 1. The number of hydrogen-bond donors (Lipinski definition) is 1. The van der Waals surface area contributed by atoms with Gasteiger partial charge in [0.05, 0.1) is 11.3 Å². The summed E-state index contributed by atoms with van der Waals surface area (Å²) in [5.74, 6) is -2.11. The molecule has 28 heavy (non-hydrogen) atoms. The van der Waals surface area contributed by atoms with Crippen molar-refractivity contribution < 1.29 is 40.7 Å². The average Bonchev–Trinajstić information content (AvgIpc) is 2.98. The quantitative estimate of drug-likeness (QED) is 0.580. The van der Waals surface area contributed by atoms with E-state index in [1.54, 1.807) is 5.32 Å². The molecule has 0 bridgehead atoms. The SMILES string of the molecule is Cc1nc(-c2ccc(C(F)(F)F)cc2)sc1C(=O)OCC(=O)NCC(F)(F)F. The number of aryl methyl sites for hydroxylation is 1. The van der Waals surface area contributed by atoms with Crippen molar-refractivity contribution in [3.05, 3.63) is 40.4 Å². The second-order valence-electron chi connectivity index (χ2n) is 5.48. The van der Waals surface area contributed by atoms with Gasteiger partial charge >= 0.3 is 18.3 Å². The molecule has 0 atom stereocenters. The molecule has 0 aliphatic rings. The summed E-state index contributed by atoms with van der Waals surface area (Å²) in [7, 11) is 0. The topological polar surface area (TPSA) is 68.3 Å². The second kappa shape index (κ2) is 8.17. The van der Waals surface area contributed by atoms with E-state index in [4.69, 9.17) is 0 Å². The van der Waals surface area contributed by atoms with Gasteiger partial charge in [0.25, 0.3) is 5.91 Å². The van der Waals surface area contributed by atoms with Crippen molar-refractivity contribution in [2.45, 2.75) is 19.3 Å². The van der Waals surface area contributed by atoms with E-state index in [-0.39, 0.29) is 15.6 Å². The van der Waals surface area contributed by atoms with Crippen LogP contribution in [0.4, 0.5) is 26.3 Å². The smallest absolute Gasteiger partial charge is 0.416 e. The van der Waals surface area contributed by atoms with Gasteiger partial charge in [-0.25, -0.2) is 9.78 Å². The fourth-order valence-corrected chi connectivity index (χ4v) is 2.92. The minimum Gasteiger partial charge on any atom is -0.451 e. The summed E-state index contributed by atoms with van der Waals surface area (Å²) in [4.78, 5) is 27.3. The van der Waals surface area contributed by atoms with Crippen LogP contribution in [0.1, 0.15) is 20.9 Å². The number of thiazole rings is 1. The van der Waals surface area contributed by atoms with Crippen molar-refractivity contribution in [3.63, 3.8) is 0 Å². The molecule has 0 saturated carbocycles. The number of alkyl halides is 6. The number of nitrogens with zero attached hydrogens (tertiary/aromatic N) is 1. The molecule has 0 spiro atoms. The monoisotopic (exact) mass is 426 g/mol. The van der Waals surface area contributed by atoms with Gasteiger partial charge in [-0.2, -0.15) is 26.3 Å². The molecule has 1 aromatic carbocycles. The first-order chi connectivity index (χ1) is 12.9. The Labute approximate surface area is 158 Å². The van der Waals surface area contributed by atoms with E-state index in [9.17, 15) is 35.9 Å². The van der Waals surface area contributed by atoms with Crippen LogP contribution in [0.15, 0.2) is 24.3 Å². The van der Waals surface area contributed by atoms with Crippen molar-refractivity contribution in [3.8, 4) is 10.6 Å². The van der Waals surface area contributed by atoms with E-state index in [2.05, 4.69) is 9.72 Å². The van der Waals surface area contributed by atoms with E-state index < -0.39 is 42.9 Å². The lowest BCUT2D eigenvalue weighted by molar-refractivity contribution is -0.140. The number of ether oxygens (including phenoxy) is 1. The van der Waals surface area contributed by atoms with Crippen LogP contribution in [0.3, 0.4) is 0 Å². The van der Waals surface area contributed by atoms with Crippen LogP contribution in [0.2, 0.25) is 0 Å². The summed E-state index contributed by atoms with van der Waals surface area (Å²) in [6.07, 6.45) is -9.08. The maximum absolute atomic E-state index is 12.6. The summed E-state index contributed by atoms with van der Waals surface area (Å²) < 4.78 is 78.4. The van der Waals surface area contributed by atoms with E-state index in [1.165, 1.54) is 19.1 Å². The third-order valence-electron chi connectivity index (χ3n) is 3.26. The van der Waals surface area contributed by atoms with Crippen LogP contribution in [-0.2, 0) is 15.7 Å². The molecule has 0 fully saturated rings. The number of benzene rings is 1. The Kier molecular flexibility index (Phi) is 6.32. The third-order valence-corrected chi connectivity index (χ3v) is 4.45. The van der Waals surface area contributed by atoms with Gasteiger partial charge in [-0.3, -0.25) is 4.79 Å². The molecule has 5 nitrogen and oxygen atoms in total. The maximum atomic E-state index is 12.6. The van der Waals surface area contributed by atoms with Crippen molar-refractivity contribution >= 4 is 23.2 Å². The number of aromatic nitrogens is 1. The Balaban J connectivity index is 2.03. The Morgan fingerprint density at radius 2 is 1.71 bits per heavy atom. The first-order valence-corrected chi connectivity index (χ1v) is 8.34. The highest BCUT2D eigenvalue weighted by atomic mass is 32.1. The van der Waals surface area contributed by atoms with Crippen LogP contribution in [-0.4, -0.2) is 36.2 Å². The average molecular weight is 426 g/mol. The number of rotatable bonds is 5. The molecule has 2 aromatic rings. The summed E-state index contributed by atoms with van der Waals surface area (Å²) in [5, 5.41) is 1.80. The van der Waals surface area contributed by atoms with E-state index in [0.29, 0.717) is 5.56 Å². The van der Waals surface area contributed by atoms with Crippen LogP contribution < -0.4 is 5.32 Å². The second-order valence-corrected chi connectivity index (χ2v) is 6.48. The van der Waals surface area contributed by atoms with Gasteiger partial charge in [0, 0.05) is 5.56 Å². The minimum absolute atomic E-state index is 0.0153. The Bertz CT molecular complexity index is 859. The fourth-order valence-electron chi connectivity index (χ4n) is 1.96. The molecular formula is C16H12F6N2O3S. The molecule has 0 aliphatic carbocycles. The predicted molar refractivity (Wildman–Crippen MR) is 86.6 cm³/mol. The normalized spacial score (nSPS) is 12.0. The number of carbonyl (C=O) groups excluding carboxylic acids is 2. The zero-order valence-electron chi connectivity index (χ0n) is 14.1. The highest BCUT2D eigenvalue weighted by molar-refractivity contribution is 7.17. The number of hydrogen-bond acceptors (Lipinski definition) is 5. The third kappa shape index (κ3) is 5.94. The molecular weight excluding hydrogens is 414 g/mol. The van der Waals surface area contributed by atoms with Crippen LogP contribution in [0, 0.1) is 6.92 Å². The Morgan fingerprint density at radius 3 is 2.25 bits per heavy atom. The molecule has 1 heterocycles. The van der Waals surface area contributed by atoms with Gasteiger partial charge < -0.3 is 10.1 Å².